The Morgan fingerprint density at radius 2 is 1.80 bits per heavy atom. The minimum absolute atomic E-state index is 0.165. The molecule has 0 saturated carbocycles. The van der Waals surface area contributed by atoms with Crippen molar-refractivity contribution in [3.8, 4) is 0 Å². The Kier molecular flexibility index (Phi) is 3.55. The predicted molar refractivity (Wildman–Crippen MR) is 61.4 cm³/mol. The van der Waals surface area contributed by atoms with E-state index in [-0.39, 0.29) is 5.56 Å². The van der Waals surface area contributed by atoms with Crippen molar-refractivity contribution < 1.29 is 13.2 Å². The molecule has 1 rings (SSSR count). The lowest BCUT2D eigenvalue weighted by Gasteiger charge is -2.15. The average Bonchev–Trinajstić information content (AvgIpc) is 2.16. The van der Waals surface area contributed by atoms with Gasteiger partial charge in [-0.1, -0.05) is 41.9 Å². The Balaban J connectivity index is 3.17. The van der Waals surface area contributed by atoms with Crippen molar-refractivity contribution in [2.24, 2.45) is 5.14 Å². The molecule has 1 aromatic carbocycles. The summed E-state index contributed by atoms with van der Waals surface area (Å²) in [5.74, 6) is -0.813. The number of carbonyl (C=O) groups excluding carboxylic acids is 1. The summed E-state index contributed by atoms with van der Waals surface area (Å²) in [6.45, 7) is 0. The summed E-state index contributed by atoms with van der Waals surface area (Å²) in [5.41, 5.74) is 0.165. The van der Waals surface area contributed by atoms with Crippen molar-refractivity contribution in [3.63, 3.8) is 0 Å². The number of nitrogens with two attached hydrogens (primary N) is 1. The number of hydrogen-bond donors (Lipinski definition) is 1. The second kappa shape index (κ2) is 4.21. The maximum atomic E-state index is 11.7. The smallest absolute Gasteiger partial charge is 0.275 e. The van der Waals surface area contributed by atoms with Crippen molar-refractivity contribution in [1.82, 2.24) is 0 Å². The van der Waals surface area contributed by atoms with Crippen molar-refractivity contribution in [2.75, 3.05) is 0 Å². The van der Waals surface area contributed by atoms with Crippen LogP contribution < -0.4 is 5.14 Å². The standard InChI is InChI=1S/C8H7BrClNO3S/c9-8(10,15(11,13)14)7(12)6-4-2-1-3-5-6/h1-5H,(H2,11,13,14)/t8-/m1/s1. The number of alkyl halides is 2. The van der Waals surface area contributed by atoms with Crippen LogP contribution in [0.15, 0.2) is 30.3 Å². The highest BCUT2D eigenvalue weighted by atomic mass is 79.9. The van der Waals surface area contributed by atoms with E-state index in [4.69, 9.17) is 16.7 Å². The van der Waals surface area contributed by atoms with E-state index in [0.29, 0.717) is 0 Å². The van der Waals surface area contributed by atoms with Crippen LogP contribution >= 0.6 is 27.5 Å². The molecule has 0 saturated heterocycles. The second-order valence-corrected chi connectivity index (χ2v) is 7.42. The van der Waals surface area contributed by atoms with Crippen LogP contribution in [0.25, 0.3) is 0 Å². The zero-order valence-electron chi connectivity index (χ0n) is 7.35. The lowest BCUT2D eigenvalue weighted by atomic mass is 10.1. The monoisotopic (exact) mass is 311 g/mol. The molecule has 0 fully saturated rings. The molecule has 0 spiro atoms. The number of primary sulfonamides is 1. The topological polar surface area (TPSA) is 77.2 Å². The Hall–Kier alpha value is -0.430. The first-order valence-corrected chi connectivity index (χ1v) is 6.48. The number of carbonyl (C=O) groups is 1. The fraction of sp³-hybridized carbons (Fsp3) is 0.125. The fourth-order valence-electron chi connectivity index (χ4n) is 0.887. The van der Waals surface area contributed by atoms with Gasteiger partial charge in [0.15, 0.2) is 0 Å². The highest BCUT2D eigenvalue weighted by molar-refractivity contribution is 9.12. The second-order valence-electron chi connectivity index (χ2n) is 2.76. The molecule has 7 heteroatoms. The minimum atomic E-state index is -4.22. The van der Waals surface area contributed by atoms with E-state index in [1.165, 1.54) is 12.1 Å². The number of Topliss-reactive ketones (excluding diaryl/α,β-unsaturated/α-hetero) is 1. The zero-order valence-corrected chi connectivity index (χ0v) is 10.5. The van der Waals surface area contributed by atoms with Gasteiger partial charge < -0.3 is 0 Å². The van der Waals surface area contributed by atoms with Crippen molar-refractivity contribution in [2.45, 2.75) is 3.12 Å². The van der Waals surface area contributed by atoms with Gasteiger partial charge in [-0.05, 0) is 15.9 Å². The van der Waals surface area contributed by atoms with Crippen LogP contribution in [0, 0.1) is 0 Å². The molecular weight excluding hydrogens is 306 g/mol. The third kappa shape index (κ3) is 2.57. The lowest BCUT2D eigenvalue weighted by molar-refractivity contribution is 0.1000. The van der Waals surface area contributed by atoms with Gasteiger partial charge in [0.05, 0.1) is 0 Å². The molecule has 82 valence electrons. The van der Waals surface area contributed by atoms with Crippen molar-refractivity contribution in [3.05, 3.63) is 35.9 Å². The molecule has 0 aliphatic heterocycles. The van der Waals surface area contributed by atoms with Gasteiger partial charge in [0, 0.05) is 5.56 Å². The molecule has 0 heterocycles. The SMILES string of the molecule is NS(=O)(=O)[C@@](Cl)(Br)C(=O)c1ccccc1. The van der Waals surface area contributed by atoms with Gasteiger partial charge in [-0.3, -0.25) is 4.79 Å². The van der Waals surface area contributed by atoms with Gasteiger partial charge in [-0.15, -0.1) is 0 Å². The molecule has 0 amide bonds. The summed E-state index contributed by atoms with van der Waals surface area (Å²) in [6.07, 6.45) is 0. The van der Waals surface area contributed by atoms with Crippen LogP contribution in [-0.4, -0.2) is 17.3 Å². The van der Waals surface area contributed by atoms with Gasteiger partial charge in [0.25, 0.3) is 3.12 Å². The molecule has 0 aliphatic carbocycles. The Morgan fingerprint density at radius 1 is 1.33 bits per heavy atom. The average molecular weight is 313 g/mol. The van der Waals surface area contributed by atoms with Crippen molar-refractivity contribution >= 4 is 43.3 Å². The molecule has 1 atom stereocenters. The fourth-order valence-corrected chi connectivity index (χ4v) is 1.60. The first-order chi connectivity index (χ1) is 6.77. The number of hydrogen-bond acceptors (Lipinski definition) is 3. The Morgan fingerprint density at radius 3 is 2.20 bits per heavy atom. The number of sulfonamides is 1. The van der Waals surface area contributed by atoms with Gasteiger partial charge >= 0.3 is 0 Å². The molecule has 0 aromatic heterocycles. The zero-order chi connectivity index (χ0) is 11.7. The van der Waals surface area contributed by atoms with E-state index in [0.717, 1.165) is 0 Å². The van der Waals surface area contributed by atoms with Crippen LogP contribution in [0.5, 0.6) is 0 Å². The van der Waals surface area contributed by atoms with Crippen molar-refractivity contribution in [1.29, 1.82) is 0 Å². The summed E-state index contributed by atoms with van der Waals surface area (Å²) in [4.78, 5) is 11.7. The van der Waals surface area contributed by atoms with E-state index in [2.05, 4.69) is 15.9 Å². The van der Waals surface area contributed by atoms with Crippen LogP contribution in [0.2, 0.25) is 0 Å². The molecule has 0 aliphatic rings. The van der Waals surface area contributed by atoms with Crippen LogP contribution in [0.3, 0.4) is 0 Å². The summed E-state index contributed by atoms with van der Waals surface area (Å²) >= 11 is 8.16. The predicted octanol–water partition coefficient (Wildman–Crippen LogP) is 1.45. The normalized spacial score (nSPS) is 15.7. The molecule has 0 bridgehead atoms. The molecule has 0 radical (unpaired) electrons. The molecule has 2 N–H and O–H groups in total. The maximum absolute atomic E-state index is 11.7. The van der Waals surface area contributed by atoms with Crippen LogP contribution in [-0.2, 0) is 10.0 Å². The quantitative estimate of drug-likeness (QED) is 0.678. The third-order valence-corrected chi connectivity index (χ3v) is 5.09. The van der Waals surface area contributed by atoms with Crippen LogP contribution in [0.4, 0.5) is 0 Å². The Bertz CT molecular complexity index is 472. The van der Waals surface area contributed by atoms with Gasteiger partial charge in [-0.25, -0.2) is 13.6 Å². The highest BCUT2D eigenvalue weighted by Crippen LogP contribution is 2.32. The van der Waals surface area contributed by atoms with Gasteiger partial charge in [0.2, 0.25) is 15.8 Å². The number of ketones is 1. The van der Waals surface area contributed by atoms with E-state index in [1.54, 1.807) is 18.2 Å². The van der Waals surface area contributed by atoms with E-state index in [1.807, 2.05) is 0 Å². The molecule has 1 aromatic rings. The lowest BCUT2D eigenvalue weighted by Crippen LogP contribution is -2.39. The largest absolute Gasteiger partial charge is 0.290 e. The number of rotatable bonds is 3. The summed E-state index contributed by atoms with van der Waals surface area (Å²) in [7, 11) is -4.22. The maximum Gasteiger partial charge on any atom is 0.275 e. The number of halogens is 2. The molecule has 4 nitrogen and oxygen atoms in total. The van der Waals surface area contributed by atoms with E-state index < -0.39 is 18.9 Å². The first-order valence-electron chi connectivity index (χ1n) is 3.77. The van der Waals surface area contributed by atoms with Crippen LogP contribution in [0.1, 0.15) is 10.4 Å². The first kappa shape index (κ1) is 12.6. The van der Waals surface area contributed by atoms with Gasteiger partial charge in [0.1, 0.15) is 0 Å². The molecule has 0 unspecified atom stereocenters. The molecular formula is C8H7BrClNO3S. The Labute approximate surface area is 101 Å². The highest BCUT2D eigenvalue weighted by Gasteiger charge is 2.45. The minimum Gasteiger partial charge on any atom is -0.290 e. The summed E-state index contributed by atoms with van der Waals surface area (Å²) in [6, 6.07) is 7.78. The van der Waals surface area contributed by atoms with E-state index >= 15 is 0 Å². The summed E-state index contributed by atoms with van der Waals surface area (Å²) in [5, 5.41) is 4.82. The van der Waals surface area contributed by atoms with E-state index in [9.17, 15) is 13.2 Å². The van der Waals surface area contributed by atoms with Gasteiger partial charge in [-0.2, -0.15) is 0 Å². The summed E-state index contributed by atoms with van der Waals surface area (Å²) < 4.78 is 19.8. The molecule has 15 heavy (non-hydrogen) atoms. The number of benzene rings is 1. The third-order valence-electron chi connectivity index (χ3n) is 1.66.